The van der Waals surface area contributed by atoms with Crippen molar-refractivity contribution in [1.29, 1.82) is 0 Å². The summed E-state index contributed by atoms with van der Waals surface area (Å²) in [6, 6.07) is 3.59. The minimum Gasteiger partial charge on any atom is -0.481 e. The van der Waals surface area contributed by atoms with Crippen molar-refractivity contribution < 1.29 is 19.2 Å². The van der Waals surface area contributed by atoms with E-state index in [4.69, 9.17) is 4.52 Å². The fraction of sp³-hybridized carbons (Fsp3) is 0.471. The number of pyridine rings is 1. The van der Waals surface area contributed by atoms with Gasteiger partial charge in [0.1, 0.15) is 11.2 Å². The Morgan fingerprint density at radius 2 is 2.23 bits per heavy atom. The first-order chi connectivity index (χ1) is 12.4. The van der Waals surface area contributed by atoms with E-state index in [1.807, 2.05) is 11.8 Å². The van der Waals surface area contributed by atoms with Gasteiger partial charge in [-0.15, -0.1) is 0 Å². The van der Waals surface area contributed by atoms with Crippen molar-refractivity contribution in [1.82, 2.24) is 20.0 Å². The zero-order valence-electron chi connectivity index (χ0n) is 14.5. The van der Waals surface area contributed by atoms with Gasteiger partial charge >= 0.3 is 5.97 Å². The Hall–Kier alpha value is -2.97. The number of carbonyl (C=O) groups excluding carboxylic acids is 1. The van der Waals surface area contributed by atoms with Gasteiger partial charge in [-0.3, -0.25) is 9.59 Å². The Balaban J connectivity index is 1.59. The third-order valence-corrected chi connectivity index (χ3v) is 5.28. The number of aryl methyl sites for hydroxylation is 1. The molecule has 0 aliphatic carbocycles. The smallest absolute Gasteiger partial charge is 0.314 e. The van der Waals surface area contributed by atoms with Crippen LogP contribution >= 0.6 is 0 Å². The summed E-state index contributed by atoms with van der Waals surface area (Å²) < 4.78 is 5.12. The van der Waals surface area contributed by atoms with E-state index in [9.17, 15) is 14.7 Å². The van der Waals surface area contributed by atoms with Gasteiger partial charge in [-0.2, -0.15) is 4.98 Å². The first-order valence-electron chi connectivity index (χ1n) is 8.48. The maximum Gasteiger partial charge on any atom is 0.314 e. The van der Waals surface area contributed by atoms with Crippen LogP contribution in [0.15, 0.2) is 22.9 Å². The van der Waals surface area contributed by atoms with Crippen LogP contribution in [0.3, 0.4) is 0 Å². The molecule has 2 saturated heterocycles. The first-order valence-corrected chi connectivity index (χ1v) is 8.48. The molecular weight excluding hydrogens is 338 g/mol. The van der Waals surface area contributed by atoms with Crippen LogP contribution in [0.25, 0.3) is 11.5 Å². The van der Waals surface area contributed by atoms with E-state index in [-0.39, 0.29) is 19.0 Å². The molecule has 2 aromatic heterocycles. The van der Waals surface area contributed by atoms with Crippen molar-refractivity contribution in [3.8, 4) is 11.5 Å². The zero-order chi connectivity index (χ0) is 18.5. The van der Waals surface area contributed by atoms with Gasteiger partial charge in [0.05, 0.1) is 11.5 Å². The monoisotopic (exact) mass is 357 g/mol. The van der Waals surface area contributed by atoms with Gasteiger partial charge in [-0.25, -0.2) is 4.98 Å². The van der Waals surface area contributed by atoms with Crippen molar-refractivity contribution in [2.24, 2.45) is 11.3 Å². The lowest BCUT2D eigenvalue weighted by atomic mass is 9.81. The molecule has 1 N–H and O–H groups in total. The SMILES string of the molecule is CCN1C[C@@]2(C(=O)O)CN(c3ccc(-c4nc(C)no4)cn3)C[C@H]2C1=O. The summed E-state index contributed by atoms with van der Waals surface area (Å²) in [4.78, 5) is 36.6. The summed E-state index contributed by atoms with van der Waals surface area (Å²) in [6.07, 6.45) is 1.62. The number of likely N-dealkylation sites (tertiary alicyclic amines) is 1. The predicted octanol–water partition coefficient (Wildman–Crippen LogP) is 0.809. The molecule has 0 spiro atoms. The molecule has 136 valence electrons. The number of hydrogen-bond donors (Lipinski definition) is 1. The molecule has 0 unspecified atom stereocenters. The molecule has 9 heteroatoms. The highest BCUT2D eigenvalue weighted by molar-refractivity contribution is 5.93. The lowest BCUT2D eigenvalue weighted by molar-refractivity contribution is -0.149. The number of fused-ring (bicyclic) bond motifs is 1. The lowest BCUT2D eigenvalue weighted by Crippen LogP contribution is -2.41. The minimum absolute atomic E-state index is 0.0876. The fourth-order valence-electron chi connectivity index (χ4n) is 3.86. The average molecular weight is 357 g/mol. The van der Waals surface area contributed by atoms with Crippen molar-refractivity contribution in [2.75, 3.05) is 31.1 Å². The fourth-order valence-corrected chi connectivity index (χ4v) is 3.86. The number of anilines is 1. The maximum atomic E-state index is 12.5. The van der Waals surface area contributed by atoms with E-state index in [1.165, 1.54) is 0 Å². The predicted molar refractivity (Wildman–Crippen MR) is 90.3 cm³/mol. The Morgan fingerprint density at radius 3 is 2.77 bits per heavy atom. The Morgan fingerprint density at radius 1 is 1.42 bits per heavy atom. The number of carboxylic acids is 1. The van der Waals surface area contributed by atoms with Crippen LogP contribution in [0.1, 0.15) is 12.7 Å². The number of hydrogen-bond acceptors (Lipinski definition) is 7. The molecule has 4 heterocycles. The Bertz CT molecular complexity index is 864. The van der Waals surface area contributed by atoms with E-state index in [2.05, 4.69) is 15.1 Å². The number of aliphatic carboxylic acids is 1. The summed E-state index contributed by atoms with van der Waals surface area (Å²) in [5.41, 5.74) is -0.383. The summed E-state index contributed by atoms with van der Waals surface area (Å²) >= 11 is 0. The van der Waals surface area contributed by atoms with Gasteiger partial charge in [0.15, 0.2) is 5.82 Å². The Kier molecular flexibility index (Phi) is 3.67. The van der Waals surface area contributed by atoms with Gasteiger partial charge in [-0.1, -0.05) is 5.16 Å². The molecule has 2 aromatic rings. The van der Waals surface area contributed by atoms with Crippen molar-refractivity contribution in [3.05, 3.63) is 24.2 Å². The molecule has 0 saturated carbocycles. The van der Waals surface area contributed by atoms with Crippen LogP contribution in [-0.2, 0) is 9.59 Å². The van der Waals surface area contributed by atoms with E-state index in [1.54, 1.807) is 30.2 Å². The second-order valence-electron chi connectivity index (χ2n) is 6.80. The van der Waals surface area contributed by atoms with Crippen LogP contribution in [0.2, 0.25) is 0 Å². The second-order valence-corrected chi connectivity index (χ2v) is 6.80. The molecule has 2 aliphatic rings. The largest absolute Gasteiger partial charge is 0.481 e. The van der Waals surface area contributed by atoms with E-state index in [0.29, 0.717) is 36.2 Å². The molecule has 0 aromatic carbocycles. The van der Waals surface area contributed by atoms with Crippen LogP contribution in [0, 0.1) is 18.3 Å². The highest BCUT2D eigenvalue weighted by Gasteiger charge is 2.62. The van der Waals surface area contributed by atoms with Crippen molar-refractivity contribution in [2.45, 2.75) is 13.8 Å². The Labute approximate surface area is 149 Å². The standard InChI is InChI=1S/C17H19N5O4/c1-3-21-8-17(16(24)25)9-22(7-12(17)15(21)23)13-5-4-11(6-18-13)14-19-10(2)20-26-14/h4-6,12H,3,7-9H2,1-2H3,(H,24,25)/t12-,17+/m0/s1. The van der Waals surface area contributed by atoms with Crippen LogP contribution in [0.4, 0.5) is 5.82 Å². The molecule has 2 fully saturated rings. The quantitative estimate of drug-likeness (QED) is 0.855. The summed E-state index contributed by atoms with van der Waals surface area (Å²) in [5.74, 6) is 0.00735. The summed E-state index contributed by atoms with van der Waals surface area (Å²) in [5, 5.41) is 13.6. The van der Waals surface area contributed by atoms with Gasteiger partial charge in [0.2, 0.25) is 5.91 Å². The van der Waals surface area contributed by atoms with Gasteiger partial charge in [-0.05, 0) is 26.0 Å². The van der Waals surface area contributed by atoms with E-state index < -0.39 is 17.3 Å². The van der Waals surface area contributed by atoms with Gasteiger partial charge in [0.25, 0.3) is 5.89 Å². The van der Waals surface area contributed by atoms with Gasteiger partial charge < -0.3 is 19.4 Å². The number of aromatic nitrogens is 3. The minimum atomic E-state index is -1.07. The van der Waals surface area contributed by atoms with Gasteiger partial charge in [0, 0.05) is 32.4 Å². The van der Waals surface area contributed by atoms with Crippen LogP contribution in [-0.4, -0.2) is 63.2 Å². The molecule has 2 atom stereocenters. The topological polar surface area (TPSA) is 113 Å². The number of nitrogens with zero attached hydrogens (tertiary/aromatic N) is 5. The van der Waals surface area contributed by atoms with Crippen molar-refractivity contribution in [3.63, 3.8) is 0 Å². The molecule has 0 bridgehead atoms. The zero-order valence-corrected chi connectivity index (χ0v) is 14.5. The number of carbonyl (C=O) groups is 2. The molecule has 1 amide bonds. The average Bonchev–Trinajstić information content (AvgIpc) is 3.29. The summed E-state index contributed by atoms with van der Waals surface area (Å²) in [7, 11) is 0. The third-order valence-electron chi connectivity index (χ3n) is 5.28. The molecule has 0 radical (unpaired) electrons. The normalized spacial score (nSPS) is 25.0. The van der Waals surface area contributed by atoms with Crippen LogP contribution < -0.4 is 4.90 Å². The highest BCUT2D eigenvalue weighted by Crippen LogP contribution is 2.44. The number of carboxylic acid groups (broad SMARTS) is 1. The number of amides is 1. The lowest BCUT2D eigenvalue weighted by Gasteiger charge is -2.25. The molecule has 26 heavy (non-hydrogen) atoms. The highest BCUT2D eigenvalue weighted by atomic mass is 16.5. The maximum absolute atomic E-state index is 12.5. The van der Waals surface area contributed by atoms with Crippen molar-refractivity contribution >= 4 is 17.7 Å². The van der Waals surface area contributed by atoms with Crippen LogP contribution in [0.5, 0.6) is 0 Å². The summed E-state index contributed by atoms with van der Waals surface area (Å²) in [6.45, 7) is 5.00. The first kappa shape index (κ1) is 16.5. The van der Waals surface area contributed by atoms with E-state index in [0.717, 1.165) is 0 Å². The molecule has 4 rings (SSSR count). The third kappa shape index (κ3) is 2.34. The second kappa shape index (κ2) is 5.79. The number of rotatable bonds is 4. The molecule has 2 aliphatic heterocycles. The molecular formula is C17H19N5O4. The molecule has 9 nitrogen and oxygen atoms in total. The van der Waals surface area contributed by atoms with E-state index >= 15 is 0 Å².